The van der Waals surface area contributed by atoms with Crippen molar-refractivity contribution in [2.75, 3.05) is 6.61 Å². The molecule has 0 unspecified atom stereocenters. The summed E-state index contributed by atoms with van der Waals surface area (Å²) in [6, 6.07) is 0. The molecule has 0 aromatic heterocycles. The van der Waals surface area contributed by atoms with E-state index in [-0.39, 0.29) is 32.0 Å². The summed E-state index contributed by atoms with van der Waals surface area (Å²) in [5.41, 5.74) is 0. The third-order valence-corrected chi connectivity index (χ3v) is 0. The number of halogens is 1. The minimum atomic E-state index is 0. The summed E-state index contributed by atoms with van der Waals surface area (Å²) >= 11 is 0. The Labute approximate surface area is 45.0 Å². The van der Waals surface area contributed by atoms with Crippen LogP contribution in [0.3, 0.4) is 0 Å². The second kappa shape index (κ2) is 25.7. The molecule has 0 fully saturated rings. The van der Waals surface area contributed by atoms with Crippen molar-refractivity contribution in [3.8, 4) is 0 Å². The molecular formula is C2H9BeClO. The van der Waals surface area contributed by atoms with Crippen LogP contribution in [-0.2, 0) is 0 Å². The molecule has 0 rings (SSSR count). The van der Waals surface area contributed by atoms with Gasteiger partial charge in [-0.2, -0.15) is 0 Å². The van der Waals surface area contributed by atoms with Crippen molar-refractivity contribution in [1.29, 1.82) is 0 Å². The van der Waals surface area contributed by atoms with E-state index in [0.717, 1.165) is 0 Å². The Balaban J connectivity index is -0.00000000333. The van der Waals surface area contributed by atoms with Crippen LogP contribution < -0.4 is 0 Å². The largest absolute Gasteiger partial charge is 2.00 e. The molecule has 0 radical (unpaired) electrons. The summed E-state index contributed by atoms with van der Waals surface area (Å²) in [6.07, 6.45) is 0. The Hall–Kier alpha value is 0.419. The van der Waals surface area contributed by atoms with Crippen molar-refractivity contribution in [1.82, 2.24) is 0 Å². The molecule has 32 valence electrons. The van der Waals surface area contributed by atoms with Gasteiger partial charge in [-0.25, -0.2) is 0 Å². The van der Waals surface area contributed by atoms with Gasteiger partial charge in [0, 0.05) is 6.61 Å². The van der Waals surface area contributed by atoms with E-state index in [1.54, 1.807) is 6.92 Å². The zero-order valence-electron chi connectivity index (χ0n) is 5.27. The Morgan fingerprint density at radius 3 is 1.80 bits per heavy atom. The molecule has 0 saturated heterocycles. The van der Waals surface area contributed by atoms with Gasteiger partial charge in [-0.15, -0.1) is 12.4 Å². The molecule has 0 aliphatic carbocycles. The van der Waals surface area contributed by atoms with E-state index in [4.69, 9.17) is 5.11 Å². The third kappa shape index (κ3) is 147. The van der Waals surface area contributed by atoms with Crippen molar-refractivity contribution in [3.63, 3.8) is 0 Å². The van der Waals surface area contributed by atoms with E-state index in [2.05, 4.69) is 0 Å². The standard InChI is InChI=1S/C2H6O.Be.ClH.2H/c1-2-3;;;;/h3H,2H2,1H3;;1H;;/q;+2;;2*-1. The second-order valence-electron chi connectivity index (χ2n) is 0.316. The average Bonchev–Trinajstić information content (AvgIpc) is 0.918. The molecule has 0 aliphatic rings. The summed E-state index contributed by atoms with van der Waals surface area (Å²) in [7, 11) is 0. The average molecular weight is 93.6 g/mol. The molecular weight excluding hydrogens is 84.5 g/mol. The maximum atomic E-state index is 7.57. The van der Waals surface area contributed by atoms with Gasteiger partial charge in [0.25, 0.3) is 0 Å². The fraction of sp³-hybridized carbons (Fsp3) is 1.00. The van der Waals surface area contributed by atoms with Gasteiger partial charge in [0.2, 0.25) is 0 Å². The van der Waals surface area contributed by atoms with Gasteiger partial charge in [-0.3, -0.25) is 0 Å². The molecule has 1 N–H and O–H groups in total. The second-order valence-corrected chi connectivity index (χ2v) is 0.316. The first kappa shape index (κ1) is 18.1. The fourth-order valence-electron chi connectivity index (χ4n) is 0. The van der Waals surface area contributed by atoms with Gasteiger partial charge in [0.15, 0.2) is 0 Å². The van der Waals surface area contributed by atoms with E-state index in [0.29, 0.717) is 0 Å². The molecule has 0 spiro atoms. The van der Waals surface area contributed by atoms with Gasteiger partial charge in [0.1, 0.15) is 0 Å². The maximum Gasteiger partial charge on any atom is 2.00 e. The number of hydrogen-bond donors (Lipinski definition) is 1. The van der Waals surface area contributed by atoms with Crippen LogP contribution in [0, 0.1) is 0 Å². The van der Waals surface area contributed by atoms with Crippen molar-refractivity contribution >= 4 is 22.5 Å². The van der Waals surface area contributed by atoms with Gasteiger partial charge < -0.3 is 7.96 Å². The van der Waals surface area contributed by atoms with E-state index >= 15 is 0 Å². The van der Waals surface area contributed by atoms with Crippen molar-refractivity contribution in [2.24, 2.45) is 0 Å². The number of hydrogen-bond acceptors (Lipinski definition) is 1. The SMILES string of the molecule is CCO.Cl.[Be+2].[H-].[H-]. The van der Waals surface area contributed by atoms with Crippen molar-refractivity contribution < 1.29 is 7.96 Å². The van der Waals surface area contributed by atoms with Crippen LogP contribution in [0.25, 0.3) is 0 Å². The summed E-state index contributed by atoms with van der Waals surface area (Å²) in [5, 5.41) is 7.57. The molecule has 0 bridgehead atoms. The third-order valence-electron chi connectivity index (χ3n) is 0. The predicted octanol–water partition coefficient (Wildman–Crippen LogP) is 0.265. The van der Waals surface area contributed by atoms with Crippen LogP contribution in [0.4, 0.5) is 0 Å². The Morgan fingerprint density at radius 1 is 1.80 bits per heavy atom. The number of aliphatic hydroxyl groups excluding tert-OH is 1. The zero-order chi connectivity index (χ0) is 2.71. The summed E-state index contributed by atoms with van der Waals surface area (Å²) in [4.78, 5) is 0. The normalized spacial score (nSPS) is 3.60. The molecule has 0 atom stereocenters. The number of rotatable bonds is 0. The molecule has 3 heteroatoms. The molecule has 0 amide bonds. The Morgan fingerprint density at radius 2 is 1.80 bits per heavy atom. The summed E-state index contributed by atoms with van der Waals surface area (Å²) in [6.45, 7) is 1.93. The van der Waals surface area contributed by atoms with E-state index in [9.17, 15) is 0 Å². The smallest absolute Gasteiger partial charge is 1.00 e. The molecule has 5 heavy (non-hydrogen) atoms. The van der Waals surface area contributed by atoms with Crippen LogP contribution in [0.5, 0.6) is 0 Å². The van der Waals surface area contributed by atoms with Crippen molar-refractivity contribution in [2.45, 2.75) is 6.92 Å². The Bertz CT molecular complexity index is 15.7. The Kier molecular flexibility index (Phi) is 92.8. The van der Waals surface area contributed by atoms with Crippen LogP contribution in [-0.4, -0.2) is 21.8 Å². The monoisotopic (exact) mass is 93.0 g/mol. The number of aliphatic hydroxyl groups is 1. The van der Waals surface area contributed by atoms with Crippen LogP contribution in [0.2, 0.25) is 0 Å². The van der Waals surface area contributed by atoms with Gasteiger partial charge >= 0.3 is 10.1 Å². The first-order chi connectivity index (χ1) is 1.41. The molecule has 0 aliphatic heterocycles. The molecule has 0 saturated carbocycles. The van der Waals surface area contributed by atoms with Crippen LogP contribution in [0.15, 0.2) is 0 Å². The quantitative estimate of drug-likeness (QED) is 0.426. The summed E-state index contributed by atoms with van der Waals surface area (Å²) < 4.78 is 0. The molecule has 0 heterocycles. The maximum absolute atomic E-state index is 7.57. The van der Waals surface area contributed by atoms with Crippen molar-refractivity contribution in [3.05, 3.63) is 0 Å². The van der Waals surface area contributed by atoms with Gasteiger partial charge in [-0.05, 0) is 6.92 Å². The first-order valence-electron chi connectivity index (χ1n) is 1.02. The minimum absolute atomic E-state index is 0. The van der Waals surface area contributed by atoms with Crippen LogP contribution >= 0.6 is 12.4 Å². The topological polar surface area (TPSA) is 20.2 Å². The van der Waals surface area contributed by atoms with Gasteiger partial charge in [0.05, 0.1) is 0 Å². The first-order valence-corrected chi connectivity index (χ1v) is 1.02. The minimum Gasteiger partial charge on any atom is -1.00 e. The fourth-order valence-corrected chi connectivity index (χ4v) is 0. The van der Waals surface area contributed by atoms with Crippen LogP contribution in [0.1, 0.15) is 9.78 Å². The van der Waals surface area contributed by atoms with E-state index in [1.807, 2.05) is 0 Å². The zero-order valence-corrected chi connectivity index (χ0v) is 4.09. The molecule has 0 aromatic carbocycles. The van der Waals surface area contributed by atoms with E-state index in [1.165, 1.54) is 0 Å². The van der Waals surface area contributed by atoms with E-state index < -0.39 is 0 Å². The molecule has 1 nitrogen and oxygen atoms in total. The summed E-state index contributed by atoms with van der Waals surface area (Å²) in [5.74, 6) is 0. The van der Waals surface area contributed by atoms with Gasteiger partial charge in [-0.1, -0.05) is 0 Å². The predicted molar refractivity (Wildman–Crippen MR) is 28.0 cm³/mol. The molecule has 0 aromatic rings.